The Morgan fingerprint density at radius 3 is 2.26 bits per heavy atom. The molecule has 0 unspecified atom stereocenters. The first-order chi connectivity index (χ1) is 9.22. The molecule has 0 bridgehead atoms. The number of benzene rings is 2. The number of carbonyl (C=O) groups is 2. The maximum Gasteiger partial charge on any atom is 0.260 e. The molecule has 19 heavy (non-hydrogen) atoms. The highest BCUT2D eigenvalue weighted by Gasteiger charge is 2.30. The van der Waals surface area contributed by atoms with Crippen LogP contribution < -0.4 is 5.32 Å². The van der Waals surface area contributed by atoms with Crippen molar-refractivity contribution in [3.05, 3.63) is 59.2 Å². The fourth-order valence-corrected chi connectivity index (χ4v) is 2.27. The summed E-state index contributed by atoms with van der Waals surface area (Å²) in [5.74, 6) is 1.71. The number of imide groups is 1. The van der Waals surface area contributed by atoms with Crippen LogP contribution in [0.25, 0.3) is 11.1 Å². The van der Waals surface area contributed by atoms with Gasteiger partial charge >= 0.3 is 0 Å². The normalized spacial score (nSPS) is 12.8. The molecule has 0 saturated carbocycles. The predicted octanol–water partition coefficient (Wildman–Crippen LogP) is 2.22. The zero-order chi connectivity index (χ0) is 13.4. The maximum atomic E-state index is 11.8. The fraction of sp³-hybridized carbons (Fsp3) is 0. The summed E-state index contributed by atoms with van der Waals surface area (Å²) in [7, 11) is 0. The lowest BCUT2D eigenvalue weighted by molar-refractivity contribution is 0.0879. The number of hydrogen-bond acceptors (Lipinski definition) is 2. The first kappa shape index (κ1) is 11.2. The van der Waals surface area contributed by atoms with Crippen molar-refractivity contribution in [3.8, 4) is 23.5 Å². The standard InChI is InChI=1S/C16H9NO2/c1-2-11-12(10-6-4-3-5-7-10)8-9-13-14(11)16(19)17-15(13)18/h1,3-9H,(H,17,18,19). The zero-order valence-electron chi connectivity index (χ0n) is 9.94. The van der Waals surface area contributed by atoms with Crippen LogP contribution in [0.1, 0.15) is 26.3 Å². The van der Waals surface area contributed by atoms with Crippen molar-refractivity contribution in [3.63, 3.8) is 0 Å². The van der Waals surface area contributed by atoms with Crippen molar-refractivity contribution in [1.29, 1.82) is 0 Å². The third kappa shape index (κ3) is 1.62. The molecule has 0 aromatic heterocycles. The van der Waals surface area contributed by atoms with E-state index < -0.39 is 11.8 Å². The van der Waals surface area contributed by atoms with E-state index in [1.165, 1.54) is 0 Å². The summed E-state index contributed by atoms with van der Waals surface area (Å²) in [5, 5.41) is 2.26. The van der Waals surface area contributed by atoms with Gasteiger partial charge in [0.05, 0.1) is 11.1 Å². The lowest BCUT2D eigenvalue weighted by Gasteiger charge is -2.08. The van der Waals surface area contributed by atoms with Crippen LogP contribution in [0.2, 0.25) is 0 Å². The van der Waals surface area contributed by atoms with Crippen LogP contribution in [-0.4, -0.2) is 11.8 Å². The predicted molar refractivity (Wildman–Crippen MR) is 71.6 cm³/mol. The lowest BCUT2D eigenvalue weighted by atomic mass is 9.93. The Morgan fingerprint density at radius 2 is 1.58 bits per heavy atom. The topological polar surface area (TPSA) is 46.2 Å². The molecule has 0 aliphatic carbocycles. The van der Waals surface area contributed by atoms with E-state index >= 15 is 0 Å². The van der Waals surface area contributed by atoms with Gasteiger partial charge in [0, 0.05) is 5.56 Å². The third-order valence-corrected chi connectivity index (χ3v) is 3.13. The fourth-order valence-electron chi connectivity index (χ4n) is 2.27. The lowest BCUT2D eigenvalue weighted by Crippen LogP contribution is -2.20. The summed E-state index contributed by atoms with van der Waals surface area (Å²) < 4.78 is 0. The van der Waals surface area contributed by atoms with Crippen molar-refractivity contribution in [2.45, 2.75) is 0 Å². The number of fused-ring (bicyclic) bond motifs is 1. The second-order valence-electron chi connectivity index (χ2n) is 4.20. The van der Waals surface area contributed by atoms with Crippen LogP contribution in [-0.2, 0) is 0 Å². The van der Waals surface area contributed by atoms with E-state index in [1.54, 1.807) is 12.1 Å². The summed E-state index contributed by atoms with van der Waals surface area (Å²) in [4.78, 5) is 23.4. The van der Waals surface area contributed by atoms with Crippen molar-refractivity contribution in [1.82, 2.24) is 5.32 Å². The van der Waals surface area contributed by atoms with Crippen molar-refractivity contribution in [2.24, 2.45) is 0 Å². The van der Waals surface area contributed by atoms with Gasteiger partial charge in [-0.2, -0.15) is 0 Å². The van der Waals surface area contributed by atoms with Crippen LogP contribution in [0.4, 0.5) is 0 Å². The molecule has 1 aliphatic rings. The Kier molecular flexibility index (Phi) is 2.43. The van der Waals surface area contributed by atoms with Gasteiger partial charge in [0.25, 0.3) is 11.8 Å². The van der Waals surface area contributed by atoms with Gasteiger partial charge in [0.1, 0.15) is 0 Å². The number of terminal acetylenes is 1. The minimum Gasteiger partial charge on any atom is -0.288 e. The van der Waals surface area contributed by atoms with Gasteiger partial charge in [-0.3, -0.25) is 14.9 Å². The van der Waals surface area contributed by atoms with Crippen LogP contribution in [0, 0.1) is 12.3 Å². The Morgan fingerprint density at radius 1 is 0.895 bits per heavy atom. The molecule has 0 spiro atoms. The van der Waals surface area contributed by atoms with E-state index in [0.717, 1.165) is 11.1 Å². The Hall–Kier alpha value is -2.86. The molecule has 1 aliphatic heterocycles. The summed E-state index contributed by atoms with van der Waals surface area (Å²) >= 11 is 0. The van der Waals surface area contributed by atoms with Gasteiger partial charge in [-0.25, -0.2) is 0 Å². The number of nitrogens with one attached hydrogen (secondary N) is 1. The van der Waals surface area contributed by atoms with Crippen LogP contribution in [0.15, 0.2) is 42.5 Å². The summed E-state index contributed by atoms with van der Waals surface area (Å²) in [5.41, 5.74) is 2.82. The number of amides is 2. The van der Waals surface area contributed by atoms with Crippen LogP contribution in [0.3, 0.4) is 0 Å². The minimum atomic E-state index is -0.425. The van der Waals surface area contributed by atoms with E-state index in [2.05, 4.69) is 11.2 Å². The molecule has 3 heteroatoms. The van der Waals surface area contributed by atoms with E-state index in [9.17, 15) is 9.59 Å². The average Bonchev–Trinajstić information content (AvgIpc) is 2.74. The Balaban J connectivity index is 2.31. The van der Waals surface area contributed by atoms with Gasteiger partial charge in [-0.1, -0.05) is 42.3 Å². The molecule has 1 heterocycles. The molecule has 3 nitrogen and oxygen atoms in total. The molecular formula is C16H9NO2. The molecule has 2 aromatic rings. The molecule has 90 valence electrons. The third-order valence-electron chi connectivity index (χ3n) is 3.13. The van der Waals surface area contributed by atoms with E-state index in [4.69, 9.17) is 6.42 Å². The SMILES string of the molecule is C#Cc1c(-c2ccccc2)ccc2c1C(=O)NC2=O. The van der Waals surface area contributed by atoms with Gasteiger partial charge in [0.2, 0.25) is 0 Å². The molecular weight excluding hydrogens is 238 g/mol. The number of carbonyl (C=O) groups excluding carboxylic acids is 2. The summed E-state index contributed by atoms with van der Waals surface area (Å²) in [6, 6.07) is 12.9. The number of rotatable bonds is 1. The first-order valence-corrected chi connectivity index (χ1v) is 5.77. The molecule has 0 atom stereocenters. The smallest absolute Gasteiger partial charge is 0.260 e. The monoisotopic (exact) mass is 247 g/mol. The largest absolute Gasteiger partial charge is 0.288 e. The second kappa shape index (κ2) is 4.11. The van der Waals surface area contributed by atoms with Gasteiger partial charge in [-0.05, 0) is 17.2 Å². The van der Waals surface area contributed by atoms with Crippen molar-refractivity contribution >= 4 is 11.8 Å². The van der Waals surface area contributed by atoms with E-state index in [-0.39, 0.29) is 0 Å². The first-order valence-electron chi connectivity index (χ1n) is 5.77. The highest BCUT2D eigenvalue weighted by atomic mass is 16.2. The molecule has 0 saturated heterocycles. The highest BCUT2D eigenvalue weighted by molar-refractivity contribution is 6.23. The van der Waals surface area contributed by atoms with Crippen LogP contribution >= 0.6 is 0 Å². The highest BCUT2D eigenvalue weighted by Crippen LogP contribution is 2.30. The maximum absolute atomic E-state index is 11.8. The van der Waals surface area contributed by atoms with E-state index in [0.29, 0.717) is 16.7 Å². The van der Waals surface area contributed by atoms with Gasteiger partial charge < -0.3 is 0 Å². The van der Waals surface area contributed by atoms with Crippen LogP contribution in [0.5, 0.6) is 0 Å². The zero-order valence-corrected chi connectivity index (χ0v) is 9.94. The molecule has 2 amide bonds. The average molecular weight is 247 g/mol. The van der Waals surface area contributed by atoms with Gasteiger partial charge in [0.15, 0.2) is 0 Å². The van der Waals surface area contributed by atoms with Crippen molar-refractivity contribution < 1.29 is 9.59 Å². The Bertz CT molecular complexity index is 739. The molecule has 2 aromatic carbocycles. The minimum absolute atomic E-state index is 0.300. The number of hydrogen-bond donors (Lipinski definition) is 1. The molecule has 0 radical (unpaired) electrons. The van der Waals surface area contributed by atoms with E-state index in [1.807, 2.05) is 30.3 Å². The molecule has 3 rings (SSSR count). The summed E-state index contributed by atoms with van der Waals surface area (Å²) in [6.07, 6.45) is 5.53. The Labute approximate surface area is 110 Å². The summed E-state index contributed by atoms with van der Waals surface area (Å²) in [6.45, 7) is 0. The quantitative estimate of drug-likeness (QED) is 0.620. The van der Waals surface area contributed by atoms with Gasteiger partial charge in [-0.15, -0.1) is 6.42 Å². The second-order valence-corrected chi connectivity index (χ2v) is 4.20. The molecule has 1 N–H and O–H groups in total. The molecule has 0 fully saturated rings. The van der Waals surface area contributed by atoms with Crippen molar-refractivity contribution in [2.75, 3.05) is 0 Å².